The van der Waals surface area contributed by atoms with E-state index in [4.69, 9.17) is 5.73 Å². The molecular weight excluding hydrogens is 239 g/mol. The summed E-state index contributed by atoms with van der Waals surface area (Å²) in [4.78, 5) is 2.35. The highest BCUT2D eigenvalue weighted by Gasteiger charge is 2.16. The van der Waals surface area contributed by atoms with Gasteiger partial charge >= 0.3 is 0 Å². The smallest absolute Gasteiger partial charge is 0.126 e. The minimum absolute atomic E-state index is 0. The van der Waals surface area contributed by atoms with Gasteiger partial charge in [0.05, 0.1) is 0 Å². The van der Waals surface area contributed by atoms with Gasteiger partial charge in [-0.15, -0.1) is 12.4 Å². The fraction of sp³-hybridized carbons (Fsp3) is 0.538. The quantitative estimate of drug-likeness (QED) is 0.883. The molecule has 0 saturated carbocycles. The van der Waals surface area contributed by atoms with E-state index in [-0.39, 0.29) is 18.2 Å². The molecule has 0 radical (unpaired) electrons. The van der Waals surface area contributed by atoms with Crippen LogP contribution in [-0.2, 0) is 6.54 Å². The number of piperidine rings is 1. The third kappa shape index (κ3) is 3.95. The van der Waals surface area contributed by atoms with Gasteiger partial charge in [-0.1, -0.05) is 12.1 Å². The summed E-state index contributed by atoms with van der Waals surface area (Å²) in [6.07, 6.45) is 2.29. The van der Waals surface area contributed by atoms with Crippen LogP contribution >= 0.6 is 12.4 Å². The first kappa shape index (κ1) is 14.4. The van der Waals surface area contributed by atoms with Crippen LogP contribution in [-0.4, -0.2) is 24.0 Å². The first-order chi connectivity index (χ1) is 7.65. The molecule has 1 aliphatic heterocycles. The molecule has 1 saturated heterocycles. The molecule has 0 amide bonds. The van der Waals surface area contributed by atoms with E-state index in [1.165, 1.54) is 12.0 Å². The Morgan fingerprint density at radius 3 is 2.88 bits per heavy atom. The van der Waals surface area contributed by atoms with Crippen LogP contribution in [0.15, 0.2) is 18.2 Å². The van der Waals surface area contributed by atoms with Crippen molar-refractivity contribution in [3.63, 3.8) is 0 Å². The second-order valence-corrected chi connectivity index (χ2v) is 4.72. The van der Waals surface area contributed by atoms with Gasteiger partial charge in [-0.3, -0.25) is 4.90 Å². The van der Waals surface area contributed by atoms with Gasteiger partial charge in [0.15, 0.2) is 0 Å². The van der Waals surface area contributed by atoms with Crippen molar-refractivity contribution in [1.29, 1.82) is 0 Å². The molecule has 0 aliphatic carbocycles. The average molecular weight is 259 g/mol. The van der Waals surface area contributed by atoms with Crippen LogP contribution < -0.4 is 5.73 Å². The highest BCUT2D eigenvalue weighted by atomic mass is 35.5. The predicted molar refractivity (Wildman–Crippen MR) is 70.9 cm³/mol. The summed E-state index contributed by atoms with van der Waals surface area (Å²) in [6, 6.07) is 5.64. The number of hydrogen-bond acceptors (Lipinski definition) is 2. The zero-order valence-electron chi connectivity index (χ0n) is 10.2. The Morgan fingerprint density at radius 1 is 1.47 bits per heavy atom. The summed E-state index contributed by atoms with van der Waals surface area (Å²) in [7, 11) is 0. The minimum atomic E-state index is -0.126. The average Bonchev–Trinajstić information content (AvgIpc) is 2.24. The molecule has 0 aromatic heterocycles. The summed E-state index contributed by atoms with van der Waals surface area (Å²) in [5, 5.41) is 0. The Kier molecular flexibility index (Phi) is 5.37. The molecule has 96 valence electrons. The fourth-order valence-electron chi connectivity index (χ4n) is 2.30. The standard InChI is InChI=1S/C13H19FN2.ClH/c1-10-7-11(4-5-13(10)14)8-16-6-2-3-12(15)9-16;/h4-5,7,12H,2-3,6,8-9,15H2,1H3;1H/t12-;/m1./s1. The molecule has 17 heavy (non-hydrogen) atoms. The number of aryl methyl sites for hydroxylation is 1. The van der Waals surface area contributed by atoms with Gasteiger partial charge in [0.25, 0.3) is 0 Å². The predicted octanol–water partition coefficient (Wildman–Crippen LogP) is 2.48. The van der Waals surface area contributed by atoms with Crippen molar-refractivity contribution in [3.05, 3.63) is 35.1 Å². The molecule has 0 unspecified atom stereocenters. The van der Waals surface area contributed by atoms with Crippen LogP contribution in [0.3, 0.4) is 0 Å². The zero-order valence-corrected chi connectivity index (χ0v) is 11.0. The lowest BCUT2D eigenvalue weighted by molar-refractivity contribution is 0.201. The van der Waals surface area contributed by atoms with Gasteiger partial charge in [-0.05, 0) is 43.5 Å². The summed E-state index contributed by atoms with van der Waals surface area (Å²) in [5.41, 5.74) is 7.83. The number of likely N-dealkylation sites (tertiary alicyclic amines) is 1. The maximum Gasteiger partial charge on any atom is 0.126 e. The Labute approximate surface area is 108 Å². The molecule has 2 rings (SSSR count). The van der Waals surface area contributed by atoms with Crippen LogP contribution in [0.2, 0.25) is 0 Å². The van der Waals surface area contributed by atoms with E-state index < -0.39 is 0 Å². The van der Waals surface area contributed by atoms with Crippen LogP contribution in [0, 0.1) is 12.7 Å². The topological polar surface area (TPSA) is 29.3 Å². The fourth-order valence-corrected chi connectivity index (χ4v) is 2.30. The Bertz CT molecular complexity index is 370. The number of benzene rings is 1. The van der Waals surface area contributed by atoms with Gasteiger partial charge < -0.3 is 5.73 Å². The van der Waals surface area contributed by atoms with Crippen molar-refractivity contribution in [2.45, 2.75) is 32.4 Å². The summed E-state index contributed by atoms with van der Waals surface area (Å²) >= 11 is 0. The number of hydrogen-bond donors (Lipinski definition) is 1. The maximum atomic E-state index is 13.1. The van der Waals surface area contributed by atoms with Crippen LogP contribution in [0.4, 0.5) is 4.39 Å². The van der Waals surface area contributed by atoms with E-state index in [0.717, 1.165) is 31.6 Å². The SMILES string of the molecule is Cc1cc(CN2CCC[C@@H](N)C2)ccc1F.Cl. The number of nitrogens with zero attached hydrogens (tertiary/aromatic N) is 1. The highest BCUT2D eigenvalue weighted by molar-refractivity contribution is 5.85. The normalized spacial score (nSPS) is 21.0. The highest BCUT2D eigenvalue weighted by Crippen LogP contribution is 2.15. The number of rotatable bonds is 2. The van der Waals surface area contributed by atoms with Gasteiger partial charge in [0.1, 0.15) is 5.82 Å². The first-order valence-corrected chi connectivity index (χ1v) is 5.88. The third-order valence-corrected chi connectivity index (χ3v) is 3.17. The summed E-state index contributed by atoms with van der Waals surface area (Å²) in [5.74, 6) is -0.126. The third-order valence-electron chi connectivity index (χ3n) is 3.17. The van der Waals surface area contributed by atoms with E-state index in [0.29, 0.717) is 6.04 Å². The molecule has 1 heterocycles. The first-order valence-electron chi connectivity index (χ1n) is 5.88. The number of nitrogens with two attached hydrogens (primary N) is 1. The molecule has 0 spiro atoms. The molecular formula is C13H20ClFN2. The maximum absolute atomic E-state index is 13.1. The molecule has 1 fully saturated rings. The Hall–Kier alpha value is -0.640. The largest absolute Gasteiger partial charge is 0.327 e. The lowest BCUT2D eigenvalue weighted by Crippen LogP contribution is -2.42. The van der Waals surface area contributed by atoms with Gasteiger partial charge in [0.2, 0.25) is 0 Å². The van der Waals surface area contributed by atoms with Crippen molar-refractivity contribution in [3.8, 4) is 0 Å². The van der Waals surface area contributed by atoms with Crippen molar-refractivity contribution in [1.82, 2.24) is 4.90 Å². The zero-order chi connectivity index (χ0) is 11.5. The molecule has 2 nitrogen and oxygen atoms in total. The lowest BCUT2D eigenvalue weighted by Gasteiger charge is -2.30. The Balaban J connectivity index is 0.00000144. The van der Waals surface area contributed by atoms with E-state index >= 15 is 0 Å². The van der Waals surface area contributed by atoms with E-state index in [2.05, 4.69) is 4.90 Å². The van der Waals surface area contributed by atoms with Crippen molar-refractivity contribution in [2.24, 2.45) is 5.73 Å². The molecule has 1 aromatic carbocycles. The van der Waals surface area contributed by atoms with Gasteiger partial charge in [-0.2, -0.15) is 0 Å². The van der Waals surface area contributed by atoms with Crippen molar-refractivity contribution in [2.75, 3.05) is 13.1 Å². The second kappa shape index (κ2) is 6.34. The van der Waals surface area contributed by atoms with E-state index in [1.54, 1.807) is 13.0 Å². The monoisotopic (exact) mass is 258 g/mol. The molecule has 4 heteroatoms. The molecule has 2 N–H and O–H groups in total. The van der Waals surface area contributed by atoms with E-state index in [1.807, 2.05) is 12.1 Å². The molecule has 0 bridgehead atoms. The lowest BCUT2D eigenvalue weighted by atomic mass is 10.1. The molecule has 1 aromatic rings. The molecule has 1 aliphatic rings. The van der Waals surface area contributed by atoms with Crippen LogP contribution in [0.1, 0.15) is 24.0 Å². The van der Waals surface area contributed by atoms with Crippen LogP contribution in [0.25, 0.3) is 0 Å². The van der Waals surface area contributed by atoms with Gasteiger partial charge in [-0.25, -0.2) is 4.39 Å². The minimum Gasteiger partial charge on any atom is -0.327 e. The number of halogens is 2. The Morgan fingerprint density at radius 2 is 2.24 bits per heavy atom. The second-order valence-electron chi connectivity index (χ2n) is 4.72. The van der Waals surface area contributed by atoms with Crippen LogP contribution in [0.5, 0.6) is 0 Å². The van der Waals surface area contributed by atoms with Crippen molar-refractivity contribution >= 4 is 12.4 Å². The summed E-state index contributed by atoms with van der Waals surface area (Å²) in [6.45, 7) is 4.75. The van der Waals surface area contributed by atoms with Gasteiger partial charge in [0, 0.05) is 19.1 Å². The van der Waals surface area contributed by atoms with Crippen molar-refractivity contribution < 1.29 is 4.39 Å². The van der Waals surface area contributed by atoms with E-state index in [9.17, 15) is 4.39 Å². The summed E-state index contributed by atoms with van der Waals surface area (Å²) < 4.78 is 13.1. The molecule has 1 atom stereocenters.